The van der Waals surface area contributed by atoms with E-state index in [1.165, 1.54) is 23.1 Å². The molecule has 0 saturated heterocycles. The highest BCUT2D eigenvalue weighted by Crippen LogP contribution is 2.37. The lowest BCUT2D eigenvalue weighted by atomic mass is 10.1. The van der Waals surface area contributed by atoms with Gasteiger partial charge in [0.15, 0.2) is 5.16 Å². The third-order valence-corrected chi connectivity index (χ3v) is 6.63. The zero-order chi connectivity index (χ0) is 19.7. The molecule has 0 radical (unpaired) electrons. The summed E-state index contributed by atoms with van der Waals surface area (Å²) in [4.78, 5) is 20.1. The van der Waals surface area contributed by atoms with Crippen LogP contribution in [0.5, 0.6) is 0 Å². The Morgan fingerprint density at radius 1 is 1.11 bits per heavy atom. The number of benzene rings is 2. The fourth-order valence-corrected chi connectivity index (χ4v) is 5.14. The molecule has 0 aliphatic rings. The zero-order valence-electron chi connectivity index (χ0n) is 15.4. The van der Waals surface area contributed by atoms with Gasteiger partial charge < -0.3 is 0 Å². The van der Waals surface area contributed by atoms with Crippen LogP contribution in [0.15, 0.2) is 70.6 Å². The molecule has 0 bridgehead atoms. The van der Waals surface area contributed by atoms with Crippen molar-refractivity contribution >= 4 is 33.3 Å². The molecule has 0 N–H and O–H groups in total. The molecule has 0 saturated carbocycles. The summed E-state index contributed by atoms with van der Waals surface area (Å²) in [6.45, 7) is 3.79. The van der Waals surface area contributed by atoms with E-state index in [-0.39, 0.29) is 10.8 Å². The van der Waals surface area contributed by atoms with Crippen LogP contribution in [-0.4, -0.2) is 14.8 Å². The number of thioether (sulfide) groups is 1. The summed E-state index contributed by atoms with van der Waals surface area (Å²) in [5, 5.41) is 10.1. The Bertz CT molecular complexity index is 1240. The fourth-order valence-electron chi connectivity index (χ4n) is 3.10. The van der Waals surface area contributed by atoms with Crippen LogP contribution in [0.3, 0.4) is 0 Å². The fraction of sp³-hybridized carbons (Fsp3) is 0.136. The summed E-state index contributed by atoms with van der Waals surface area (Å²) >= 11 is 2.83. The largest absolute Gasteiger partial charge is 0.268 e. The van der Waals surface area contributed by atoms with Gasteiger partial charge in [-0.2, -0.15) is 5.26 Å². The molecule has 0 fully saturated rings. The van der Waals surface area contributed by atoms with Gasteiger partial charge in [-0.25, -0.2) is 4.98 Å². The van der Waals surface area contributed by atoms with Crippen molar-refractivity contribution in [2.45, 2.75) is 24.3 Å². The van der Waals surface area contributed by atoms with Crippen LogP contribution in [0.2, 0.25) is 0 Å². The Balaban J connectivity index is 2.02. The van der Waals surface area contributed by atoms with Gasteiger partial charge in [-0.1, -0.05) is 60.3 Å². The number of aryl methyl sites for hydroxylation is 1. The second kappa shape index (κ2) is 7.63. The van der Waals surface area contributed by atoms with Gasteiger partial charge in [-0.05, 0) is 37.1 Å². The first-order valence-corrected chi connectivity index (χ1v) is 10.5. The topological polar surface area (TPSA) is 58.7 Å². The Morgan fingerprint density at radius 3 is 2.39 bits per heavy atom. The summed E-state index contributed by atoms with van der Waals surface area (Å²) in [6, 6.07) is 21.7. The maximum Gasteiger partial charge on any atom is 0.267 e. The van der Waals surface area contributed by atoms with E-state index >= 15 is 0 Å². The molecular formula is C22H17N3OS2. The van der Waals surface area contributed by atoms with Crippen LogP contribution in [0.25, 0.3) is 26.3 Å². The third-order valence-electron chi connectivity index (χ3n) is 4.45. The van der Waals surface area contributed by atoms with Crippen molar-refractivity contribution in [2.24, 2.45) is 0 Å². The predicted octanol–water partition coefficient (Wildman–Crippen LogP) is 5.43. The predicted molar refractivity (Wildman–Crippen MR) is 116 cm³/mol. The quantitative estimate of drug-likeness (QED) is 0.337. The number of rotatable bonds is 4. The number of nitrogens with zero attached hydrogens (tertiary/aromatic N) is 3. The molecule has 28 heavy (non-hydrogen) atoms. The lowest BCUT2D eigenvalue weighted by Crippen LogP contribution is -2.22. The highest BCUT2D eigenvalue weighted by molar-refractivity contribution is 8.00. The van der Waals surface area contributed by atoms with Crippen molar-refractivity contribution in [1.82, 2.24) is 9.55 Å². The molecule has 0 unspecified atom stereocenters. The minimum atomic E-state index is -0.311. The van der Waals surface area contributed by atoms with Crippen LogP contribution in [-0.2, 0) is 0 Å². The van der Waals surface area contributed by atoms with Crippen LogP contribution in [0.1, 0.15) is 12.5 Å². The summed E-state index contributed by atoms with van der Waals surface area (Å²) < 4.78 is 1.62. The van der Waals surface area contributed by atoms with Crippen LogP contribution < -0.4 is 5.56 Å². The maximum absolute atomic E-state index is 13.5. The highest BCUT2D eigenvalue weighted by atomic mass is 32.2. The zero-order valence-corrected chi connectivity index (χ0v) is 17.1. The van der Waals surface area contributed by atoms with Gasteiger partial charge in [0, 0.05) is 4.88 Å². The first-order chi connectivity index (χ1) is 13.6. The normalized spacial score (nSPS) is 12.0. The second-order valence-corrected chi connectivity index (χ2v) is 8.67. The Labute approximate surface area is 171 Å². The second-order valence-electron chi connectivity index (χ2n) is 6.36. The van der Waals surface area contributed by atoms with Gasteiger partial charge >= 0.3 is 0 Å². The number of thiophene rings is 1. The van der Waals surface area contributed by atoms with E-state index < -0.39 is 0 Å². The van der Waals surface area contributed by atoms with Gasteiger partial charge in [0.25, 0.3) is 5.56 Å². The first kappa shape index (κ1) is 18.5. The number of hydrogen-bond acceptors (Lipinski definition) is 5. The minimum Gasteiger partial charge on any atom is -0.268 e. The molecule has 0 aliphatic heterocycles. The monoisotopic (exact) mass is 403 g/mol. The lowest BCUT2D eigenvalue weighted by molar-refractivity contribution is 0.820. The number of hydrogen-bond donors (Lipinski definition) is 0. The molecule has 2 aromatic heterocycles. The van der Waals surface area contributed by atoms with Crippen LogP contribution in [0.4, 0.5) is 0 Å². The maximum atomic E-state index is 13.5. The van der Waals surface area contributed by atoms with Crippen molar-refractivity contribution in [2.75, 3.05) is 0 Å². The molecule has 4 aromatic rings. The summed E-state index contributed by atoms with van der Waals surface area (Å²) in [7, 11) is 0. The molecule has 2 aromatic carbocycles. The molecule has 0 spiro atoms. The average Bonchev–Trinajstić information content (AvgIpc) is 3.06. The van der Waals surface area contributed by atoms with E-state index in [1.54, 1.807) is 4.57 Å². The van der Waals surface area contributed by atoms with Gasteiger partial charge in [-0.15, -0.1) is 11.3 Å². The molecule has 4 nitrogen and oxygen atoms in total. The van der Waals surface area contributed by atoms with E-state index in [9.17, 15) is 10.1 Å². The van der Waals surface area contributed by atoms with Gasteiger partial charge in [0.1, 0.15) is 4.83 Å². The smallest absolute Gasteiger partial charge is 0.267 e. The minimum absolute atomic E-state index is 0.0974. The van der Waals surface area contributed by atoms with Gasteiger partial charge in [0.05, 0.1) is 22.4 Å². The first-order valence-electron chi connectivity index (χ1n) is 8.83. The Kier molecular flexibility index (Phi) is 5.03. The highest BCUT2D eigenvalue weighted by Gasteiger charge is 2.21. The number of aromatic nitrogens is 2. The van der Waals surface area contributed by atoms with Crippen molar-refractivity contribution in [1.29, 1.82) is 5.26 Å². The molecule has 0 amide bonds. The van der Waals surface area contributed by atoms with E-state index in [0.29, 0.717) is 15.4 Å². The molecule has 0 aliphatic carbocycles. The summed E-state index contributed by atoms with van der Waals surface area (Å²) in [5.41, 5.74) is 2.67. The Hall–Kier alpha value is -2.88. The molecule has 1 atom stereocenters. The van der Waals surface area contributed by atoms with E-state index in [2.05, 4.69) is 6.07 Å². The molecule has 2 heterocycles. The third kappa shape index (κ3) is 3.24. The van der Waals surface area contributed by atoms with E-state index in [0.717, 1.165) is 21.7 Å². The van der Waals surface area contributed by atoms with Crippen molar-refractivity contribution in [3.05, 3.63) is 76.6 Å². The van der Waals surface area contributed by atoms with Crippen molar-refractivity contribution < 1.29 is 0 Å². The molecule has 138 valence electrons. The van der Waals surface area contributed by atoms with E-state index in [1.807, 2.05) is 74.5 Å². The van der Waals surface area contributed by atoms with Gasteiger partial charge in [-0.3, -0.25) is 9.36 Å². The number of para-hydroxylation sites is 1. The summed E-state index contributed by atoms with van der Waals surface area (Å²) in [6.07, 6.45) is 0. The average molecular weight is 404 g/mol. The van der Waals surface area contributed by atoms with Gasteiger partial charge in [0.2, 0.25) is 0 Å². The summed E-state index contributed by atoms with van der Waals surface area (Å²) in [5.74, 6) is 0. The number of nitriles is 1. The van der Waals surface area contributed by atoms with Crippen LogP contribution in [0, 0.1) is 18.3 Å². The molecular weight excluding hydrogens is 386 g/mol. The Morgan fingerprint density at radius 2 is 1.75 bits per heavy atom. The molecule has 4 rings (SSSR count). The van der Waals surface area contributed by atoms with Crippen molar-refractivity contribution in [3.8, 4) is 22.2 Å². The van der Waals surface area contributed by atoms with E-state index in [4.69, 9.17) is 4.98 Å². The SMILES string of the molecule is Cc1c(-c2ccccc2)sc2nc(S[C@@H](C)C#N)n(-c3ccccc3)c(=O)c12. The number of fused-ring (bicyclic) bond motifs is 1. The standard InChI is InChI=1S/C22H17N3OS2/c1-14(13-23)27-22-24-20-18(21(26)25(22)17-11-7-4-8-12-17)15(2)19(28-20)16-9-5-3-6-10-16/h3-12,14H,1-2H3/t14-/m0/s1. The lowest BCUT2D eigenvalue weighted by Gasteiger charge is -2.12. The van der Waals surface area contributed by atoms with Crippen LogP contribution >= 0.6 is 23.1 Å². The molecule has 6 heteroatoms. The van der Waals surface area contributed by atoms with Crippen molar-refractivity contribution in [3.63, 3.8) is 0 Å².